The maximum atomic E-state index is 14.0. The molecule has 1 aliphatic carbocycles. The standard InChI is InChI=1S/C22H32F2N4O/c23-19-5-4-6-20(21(19)24)27-13-15-28(16-14-27)22(29)25-17-7-9-18(10-8-17)26-11-2-1-3-12-26/h4-6,17-18H,1-3,7-16H2,(H,25,29). The van der Waals surface area contributed by atoms with Gasteiger partial charge in [0.05, 0.1) is 5.69 Å². The molecule has 2 amide bonds. The zero-order valence-electron chi connectivity index (χ0n) is 17.1. The second kappa shape index (κ2) is 9.28. The predicted octanol–water partition coefficient (Wildman–Crippen LogP) is 3.59. The largest absolute Gasteiger partial charge is 0.366 e. The first-order chi connectivity index (χ1) is 14.1. The molecule has 0 aromatic heterocycles. The van der Waals surface area contributed by atoms with Gasteiger partial charge in [0.2, 0.25) is 0 Å². The Morgan fingerprint density at radius 1 is 0.897 bits per heavy atom. The lowest BCUT2D eigenvalue weighted by Crippen LogP contribution is -2.54. The molecule has 4 rings (SSSR count). The third-order valence-electron chi connectivity index (χ3n) is 6.77. The number of anilines is 1. The summed E-state index contributed by atoms with van der Waals surface area (Å²) in [7, 11) is 0. The van der Waals surface area contributed by atoms with Gasteiger partial charge in [-0.15, -0.1) is 0 Å². The molecule has 0 atom stereocenters. The summed E-state index contributed by atoms with van der Waals surface area (Å²) in [5.41, 5.74) is 0.279. The van der Waals surface area contributed by atoms with Crippen molar-refractivity contribution in [3.05, 3.63) is 29.8 Å². The Morgan fingerprint density at radius 2 is 1.59 bits per heavy atom. The van der Waals surface area contributed by atoms with Gasteiger partial charge in [-0.25, -0.2) is 13.6 Å². The van der Waals surface area contributed by atoms with Crippen LogP contribution in [0.4, 0.5) is 19.3 Å². The highest BCUT2D eigenvalue weighted by atomic mass is 19.2. The van der Waals surface area contributed by atoms with Crippen LogP contribution >= 0.6 is 0 Å². The molecule has 0 bridgehead atoms. The van der Waals surface area contributed by atoms with E-state index in [0.29, 0.717) is 32.2 Å². The van der Waals surface area contributed by atoms with Gasteiger partial charge in [-0.3, -0.25) is 0 Å². The van der Waals surface area contributed by atoms with Gasteiger partial charge >= 0.3 is 6.03 Å². The number of hydrogen-bond donors (Lipinski definition) is 1. The number of piperazine rings is 1. The second-order valence-electron chi connectivity index (χ2n) is 8.60. The average molecular weight is 407 g/mol. The summed E-state index contributed by atoms with van der Waals surface area (Å²) in [6.07, 6.45) is 8.42. The first-order valence-corrected chi connectivity index (χ1v) is 11.1. The van der Waals surface area contributed by atoms with Crippen LogP contribution in [0.25, 0.3) is 0 Å². The Hall–Kier alpha value is -1.89. The van der Waals surface area contributed by atoms with E-state index >= 15 is 0 Å². The number of carbonyl (C=O) groups excluding carboxylic acids is 1. The fourth-order valence-electron chi connectivity index (χ4n) is 5.02. The van der Waals surface area contributed by atoms with Crippen LogP contribution in [-0.4, -0.2) is 67.2 Å². The summed E-state index contributed by atoms with van der Waals surface area (Å²) < 4.78 is 27.5. The van der Waals surface area contributed by atoms with Crippen LogP contribution in [0.5, 0.6) is 0 Å². The SMILES string of the molecule is O=C(NC1CCC(N2CCCCC2)CC1)N1CCN(c2cccc(F)c2F)CC1. The van der Waals surface area contributed by atoms with Gasteiger partial charge in [0.25, 0.3) is 0 Å². The maximum absolute atomic E-state index is 14.0. The molecule has 3 fully saturated rings. The summed E-state index contributed by atoms with van der Waals surface area (Å²) in [6.45, 7) is 4.52. The van der Waals surface area contributed by atoms with Crippen LogP contribution < -0.4 is 10.2 Å². The predicted molar refractivity (Wildman–Crippen MR) is 110 cm³/mol. The number of hydrogen-bond acceptors (Lipinski definition) is 3. The van der Waals surface area contributed by atoms with E-state index in [2.05, 4.69) is 10.2 Å². The highest BCUT2D eigenvalue weighted by Gasteiger charge is 2.29. The van der Waals surface area contributed by atoms with E-state index in [0.717, 1.165) is 31.7 Å². The van der Waals surface area contributed by atoms with Crippen LogP contribution in [0, 0.1) is 11.6 Å². The fourth-order valence-corrected chi connectivity index (χ4v) is 5.02. The number of piperidine rings is 1. The molecule has 1 saturated carbocycles. The Labute approximate surface area is 172 Å². The number of rotatable bonds is 3. The number of likely N-dealkylation sites (tertiary alicyclic amines) is 1. The Morgan fingerprint density at radius 3 is 2.28 bits per heavy atom. The third-order valence-corrected chi connectivity index (χ3v) is 6.77. The molecule has 2 heterocycles. The first-order valence-electron chi connectivity index (χ1n) is 11.1. The summed E-state index contributed by atoms with van der Waals surface area (Å²) in [6, 6.07) is 5.16. The van der Waals surface area contributed by atoms with Gasteiger partial charge in [-0.05, 0) is 63.7 Å². The molecule has 7 heteroatoms. The van der Waals surface area contributed by atoms with Gasteiger partial charge in [-0.1, -0.05) is 12.5 Å². The van der Waals surface area contributed by atoms with E-state index in [4.69, 9.17) is 0 Å². The number of halogens is 2. The molecule has 160 valence electrons. The number of nitrogens with zero attached hydrogens (tertiary/aromatic N) is 3. The van der Waals surface area contributed by atoms with Gasteiger partial charge in [0.1, 0.15) is 0 Å². The van der Waals surface area contributed by atoms with E-state index < -0.39 is 11.6 Å². The van der Waals surface area contributed by atoms with E-state index in [1.807, 2.05) is 4.90 Å². The van der Waals surface area contributed by atoms with Crippen molar-refractivity contribution < 1.29 is 13.6 Å². The monoisotopic (exact) mass is 406 g/mol. The van der Waals surface area contributed by atoms with Crippen molar-refractivity contribution in [3.63, 3.8) is 0 Å². The molecule has 1 N–H and O–H groups in total. The maximum Gasteiger partial charge on any atom is 0.317 e. The lowest BCUT2D eigenvalue weighted by molar-refractivity contribution is 0.119. The number of carbonyl (C=O) groups is 1. The molecule has 5 nitrogen and oxygen atoms in total. The van der Waals surface area contributed by atoms with Crippen molar-refractivity contribution >= 4 is 11.7 Å². The summed E-state index contributed by atoms with van der Waals surface area (Å²) in [5, 5.41) is 3.20. The molecule has 0 spiro atoms. The quantitative estimate of drug-likeness (QED) is 0.834. The lowest BCUT2D eigenvalue weighted by atomic mass is 9.89. The zero-order chi connectivity index (χ0) is 20.2. The number of urea groups is 1. The van der Waals surface area contributed by atoms with Gasteiger partial charge in [-0.2, -0.15) is 0 Å². The van der Waals surface area contributed by atoms with Gasteiger partial charge in [0, 0.05) is 38.3 Å². The smallest absolute Gasteiger partial charge is 0.317 e. The molecule has 1 aromatic rings. The van der Waals surface area contributed by atoms with Crippen LogP contribution in [0.2, 0.25) is 0 Å². The summed E-state index contributed by atoms with van der Waals surface area (Å²) >= 11 is 0. The molecule has 2 saturated heterocycles. The fraction of sp³-hybridized carbons (Fsp3) is 0.682. The van der Waals surface area contributed by atoms with E-state index in [1.54, 1.807) is 11.0 Å². The zero-order valence-corrected chi connectivity index (χ0v) is 17.1. The molecule has 2 aliphatic heterocycles. The number of benzene rings is 1. The minimum absolute atomic E-state index is 0.0224. The Kier molecular flexibility index (Phi) is 6.53. The van der Waals surface area contributed by atoms with Crippen molar-refractivity contribution in [2.75, 3.05) is 44.2 Å². The molecule has 1 aromatic carbocycles. The molecular formula is C22H32F2N4O. The van der Waals surface area contributed by atoms with Crippen molar-refractivity contribution in [1.82, 2.24) is 15.1 Å². The van der Waals surface area contributed by atoms with Crippen LogP contribution in [0.3, 0.4) is 0 Å². The lowest BCUT2D eigenvalue weighted by Gasteiger charge is -2.40. The minimum Gasteiger partial charge on any atom is -0.366 e. The van der Waals surface area contributed by atoms with Crippen molar-refractivity contribution in [3.8, 4) is 0 Å². The van der Waals surface area contributed by atoms with Crippen molar-refractivity contribution in [1.29, 1.82) is 0 Å². The highest BCUT2D eigenvalue weighted by Crippen LogP contribution is 2.26. The van der Waals surface area contributed by atoms with E-state index in [-0.39, 0.29) is 17.8 Å². The minimum atomic E-state index is -0.831. The Balaban J connectivity index is 1.22. The third kappa shape index (κ3) is 4.82. The van der Waals surface area contributed by atoms with E-state index in [9.17, 15) is 13.6 Å². The Bertz CT molecular complexity index is 694. The van der Waals surface area contributed by atoms with Crippen molar-refractivity contribution in [2.24, 2.45) is 0 Å². The molecule has 3 aliphatic rings. The van der Waals surface area contributed by atoms with Crippen LogP contribution in [0.15, 0.2) is 18.2 Å². The van der Waals surface area contributed by atoms with Crippen LogP contribution in [-0.2, 0) is 0 Å². The number of amides is 2. The van der Waals surface area contributed by atoms with Gasteiger partial charge in [0.15, 0.2) is 11.6 Å². The topological polar surface area (TPSA) is 38.8 Å². The number of nitrogens with one attached hydrogen (secondary N) is 1. The van der Waals surface area contributed by atoms with Crippen molar-refractivity contribution in [2.45, 2.75) is 57.0 Å². The van der Waals surface area contributed by atoms with Gasteiger partial charge < -0.3 is 20.0 Å². The first kappa shape index (κ1) is 20.4. The van der Waals surface area contributed by atoms with E-state index in [1.165, 1.54) is 38.4 Å². The summed E-state index contributed by atoms with van der Waals surface area (Å²) in [4.78, 5) is 18.9. The molecule has 29 heavy (non-hydrogen) atoms. The molecule has 0 unspecified atom stereocenters. The van der Waals surface area contributed by atoms with Crippen LogP contribution in [0.1, 0.15) is 44.9 Å². The average Bonchev–Trinajstić information content (AvgIpc) is 2.77. The normalized spacial score (nSPS) is 26.4. The highest BCUT2D eigenvalue weighted by molar-refractivity contribution is 5.75. The summed E-state index contributed by atoms with van der Waals surface area (Å²) in [5.74, 6) is -1.64. The molecule has 0 radical (unpaired) electrons. The molecular weight excluding hydrogens is 374 g/mol. The second-order valence-corrected chi connectivity index (χ2v) is 8.60.